The Hall–Kier alpha value is -3.73. The predicted octanol–water partition coefficient (Wildman–Crippen LogP) is 4.15. The predicted molar refractivity (Wildman–Crippen MR) is 115 cm³/mol. The number of rotatable bonds is 5. The summed E-state index contributed by atoms with van der Waals surface area (Å²) in [7, 11) is 0. The van der Waals surface area contributed by atoms with Gasteiger partial charge < -0.3 is 5.32 Å². The van der Waals surface area contributed by atoms with E-state index < -0.39 is 23.8 Å². The maximum Gasteiger partial charge on any atom is 0.262 e. The number of benzene rings is 3. The van der Waals surface area contributed by atoms with Crippen molar-refractivity contribution in [2.24, 2.45) is 0 Å². The van der Waals surface area contributed by atoms with Crippen molar-refractivity contribution in [3.8, 4) is 0 Å². The standard InChI is InChI=1S/C25H22N2O3/c1-16-12-17(2)14-19(13-16)26-23(28)22(15-18-8-4-3-5-9-18)27-24(29)20-10-6-7-11-21(20)25(27)30/h3-14,22H,15H2,1-2H3,(H,26,28)/t22-/m0/s1. The molecule has 0 fully saturated rings. The van der Waals surface area contributed by atoms with Crippen molar-refractivity contribution >= 4 is 23.4 Å². The van der Waals surface area contributed by atoms with Crippen LogP contribution < -0.4 is 5.32 Å². The summed E-state index contributed by atoms with van der Waals surface area (Å²) in [5, 5.41) is 2.90. The number of carbonyl (C=O) groups excluding carboxylic acids is 3. The molecule has 30 heavy (non-hydrogen) atoms. The number of aryl methyl sites for hydroxylation is 2. The molecule has 0 aliphatic carbocycles. The Morgan fingerprint density at radius 3 is 1.93 bits per heavy atom. The Bertz CT molecular complexity index is 1080. The quantitative estimate of drug-likeness (QED) is 0.657. The molecule has 1 atom stereocenters. The second-order valence-electron chi connectivity index (χ2n) is 7.60. The molecule has 3 amide bonds. The van der Waals surface area contributed by atoms with Crippen molar-refractivity contribution < 1.29 is 14.4 Å². The first-order chi connectivity index (χ1) is 14.4. The zero-order chi connectivity index (χ0) is 21.3. The van der Waals surface area contributed by atoms with Crippen molar-refractivity contribution in [2.75, 3.05) is 5.32 Å². The van der Waals surface area contributed by atoms with E-state index in [1.807, 2.05) is 62.4 Å². The number of amides is 3. The maximum atomic E-state index is 13.3. The second-order valence-corrected chi connectivity index (χ2v) is 7.60. The summed E-state index contributed by atoms with van der Waals surface area (Å²) < 4.78 is 0. The van der Waals surface area contributed by atoms with Gasteiger partial charge in [0.15, 0.2) is 0 Å². The minimum Gasteiger partial charge on any atom is -0.324 e. The van der Waals surface area contributed by atoms with Gasteiger partial charge in [-0.05, 0) is 54.8 Å². The molecular formula is C25H22N2O3. The number of hydrogen-bond acceptors (Lipinski definition) is 3. The molecule has 1 heterocycles. The third kappa shape index (κ3) is 3.74. The Labute approximate surface area is 175 Å². The van der Waals surface area contributed by atoms with Gasteiger partial charge in [0.1, 0.15) is 6.04 Å². The normalized spacial score (nSPS) is 13.9. The van der Waals surface area contributed by atoms with Gasteiger partial charge in [-0.15, -0.1) is 0 Å². The molecule has 150 valence electrons. The molecule has 5 heteroatoms. The number of imide groups is 1. The molecule has 0 saturated heterocycles. The van der Waals surface area contributed by atoms with Gasteiger partial charge in [-0.1, -0.05) is 48.5 Å². The fourth-order valence-corrected chi connectivity index (χ4v) is 3.90. The first-order valence-corrected chi connectivity index (χ1v) is 9.84. The first kappa shape index (κ1) is 19.6. The third-order valence-electron chi connectivity index (χ3n) is 5.20. The van der Waals surface area contributed by atoms with Crippen LogP contribution in [0.5, 0.6) is 0 Å². The summed E-state index contributed by atoms with van der Waals surface area (Å²) in [5.74, 6) is -1.27. The van der Waals surface area contributed by atoms with Gasteiger partial charge in [0.25, 0.3) is 11.8 Å². The molecule has 3 aromatic rings. The second kappa shape index (κ2) is 7.95. The molecule has 3 aromatic carbocycles. The Kier molecular flexibility index (Phi) is 5.19. The highest BCUT2D eigenvalue weighted by Crippen LogP contribution is 2.27. The van der Waals surface area contributed by atoms with Crippen LogP contribution in [-0.2, 0) is 11.2 Å². The average Bonchev–Trinajstić information content (AvgIpc) is 2.97. The monoisotopic (exact) mass is 398 g/mol. The molecule has 0 aromatic heterocycles. The molecule has 1 aliphatic heterocycles. The molecule has 0 radical (unpaired) electrons. The highest BCUT2D eigenvalue weighted by Gasteiger charge is 2.42. The lowest BCUT2D eigenvalue weighted by molar-refractivity contribution is -0.119. The smallest absolute Gasteiger partial charge is 0.262 e. The van der Waals surface area contributed by atoms with E-state index in [0.29, 0.717) is 16.8 Å². The van der Waals surface area contributed by atoms with Crippen LogP contribution >= 0.6 is 0 Å². The number of nitrogens with one attached hydrogen (secondary N) is 1. The van der Waals surface area contributed by atoms with Crippen LogP contribution in [0.1, 0.15) is 37.4 Å². The van der Waals surface area contributed by atoms with E-state index in [-0.39, 0.29) is 6.42 Å². The van der Waals surface area contributed by atoms with Crippen molar-refractivity contribution in [1.82, 2.24) is 4.90 Å². The lowest BCUT2D eigenvalue weighted by Crippen LogP contribution is -2.48. The van der Waals surface area contributed by atoms with Crippen LogP contribution in [0.4, 0.5) is 5.69 Å². The number of fused-ring (bicyclic) bond motifs is 1. The first-order valence-electron chi connectivity index (χ1n) is 9.84. The SMILES string of the molecule is Cc1cc(C)cc(NC(=O)[C@H](Cc2ccccc2)N2C(=O)c3ccccc3C2=O)c1. The summed E-state index contributed by atoms with van der Waals surface area (Å²) in [4.78, 5) is 40.5. The van der Waals surface area contributed by atoms with Gasteiger partial charge >= 0.3 is 0 Å². The van der Waals surface area contributed by atoms with Gasteiger partial charge in [0.05, 0.1) is 11.1 Å². The molecule has 0 saturated carbocycles. The molecule has 0 spiro atoms. The molecule has 4 rings (SSSR count). The molecular weight excluding hydrogens is 376 g/mol. The van der Waals surface area contributed by atoms with Crippen molar-refractivity contribution in [3.05, 3.63) is 101 Å². The van der Waals surface area contributed by atoms with E-state index in [1.54, 1.807) is 24.3 Å². The Morgan fingerprint density at radius 2 is 1.37 bits per heavy atom. The largest absolute Gasteiger partial charge is 0.324 e. The fourth-order valence-electron chi connectivity index (χ4n) is 3.90. The topological polar surface area (TPSA) is 66.5 Å². The molecule has 5 nitrogen and oxygen atoms in total. The van der Waals surface area contributed by atoms with Gasteiger partial charge in [0, 0.05) is 12.1 Å². The molecule has 0 unspecified atom stereocenters. The van der Waals surface area contributed by atoms with E-state index in [4.69, 9.17) is 0 Å². The van der Waals surface area contributed by atoms with Crippen molar-refractivity contribution in [2.45, 2.75) is 26.3 Å². The molecule has 1 aliphatic rings. The minimum atomic E-state index is -0.958. The number of nitrogens with zero attached hydrogens (tertiary/aromatic N) is 1. The highest BCUT2D eigenvalue weighted by atomic mass is 16.2. The minimum absolute atomic E-state index is 0.239. The number of hydrogen-bond donors (Lipinski definition) is 1. The fraction of sp³-hybridized carbons (Fsp3) is 0.160. The van der Waals surface area contributed by atoms with Gasteiger partial charge in [-0.2, -0.15) is 0 Å². The van der Waals surface area contributed by atoms with Gasteiger partial charge in [-0.3, -0.25) is 19.3 Å². The Balaban J connectivity index is 1.69. The van der Waals surface area contributed by atoms with Crippen LogP contribution in [0.25, 0.3) is 0 Å². The van der Waals surface area contributed by atoms with Crippen LogP contribution in [0.2, 0.25) is 0 Å². The Morgan fingerprint density at radius 1 is 0.833 bits per heavy atom. The summed E-state index contributed by atoms with van der Waals surface area (Å²) in [6.45, 7) is 3.91. The van der Waals surface area contributed by atoms with Crippen LogP contribution in [0.3, 0.4) is 0 Å². The van der Waals surface area contributed by atoms with Gasteiger partial charge in [0.2, 0.25) is 5.91 Å². The summed E-state index contributed by atoms with van der Waals surface area (Å²) in [6.07, 6.45) is 0.239. The van der Waals surface area contributed by atoms with Crippen LogP contribution in [-0.4, -0.2) is 28.7 Å². The zero-order valence-electron chi connectivity index (χ0n) is 16.9. The van der Waals surface area contributed by atoms with E-state index in [1.165, 1.54) is 0 Å². The maximum absolute atomic E-state index is 13.3. The van der Waals surface area contributed by atoms with Crippen molar-refractivity contribution in [1.29, 1.82) is 0 Å². The van der Waals surface area contributed by atoms with E-state index in [0.717, 1.165) is 21.6 Å². The van der Waals surface area contributed by atoms with E-state index in [2.05, 4.69) is 5.32 Å². The van der Waals surface area contributed by atoms with Crippen LogP contribution in [0, 0.1) is 13.8 Å². The van der Waals surface area contributed by atoms with Crippen LogP contribution in [0.15, 0.2) is 72.8 Å². The zero-order valence-corrected chi connectivity index (χ0v) is 16.9. The van der Waals surface area contributed by atoms with E-state index in [9.17, 15) is 14.4 Å². The van der Waals surface area contributed by atoms with Gasteiger partial charge in [-0.25, -0.2) is 0 Å². The lowest BCUT2D eigenvalue weighted by atomic mass is 10.0. The van der Waals surface area contributed by atoms with E-state index >= 15 is 0 Å². The van der Waals surface area contributed by atoms with Crippen molar-refractivity contribution in [3.63, 3.8) is 0 Å². The number of anilines is 1. The number of carbonyl (C=O) groups is 3. The summed E-state index contributed by atoms with van der Waals surface area (Å²) >= 11 is 0. The summed E-state index contributed by atoms with van der Waals surface area (Å²) in [5.41, 5.74) is 4.22. The third-order valence-corrected chi connectivity index (χ3v) is 5.20. The molecule has 0 bridgehead atoms. The lowest BCUT2D eigenvalue weighted by Gasteiger charge is -2.25. The summed E-state index contributed by atoms with van der Waals surface area (Å²) in [6, 6.07) is 20.9. The molecule has 1 N–H and O–H groups in total. The highest BCUT2D eigenvalue weighted by molar-refractivity contribution is 6.23. The average molecular weight is 398 g/mol.